The Kier molecular flexibility index (Phi) is 8.27. The van der Waals surface area contributed by atoms with Gasteiger partial charge in [0, 0.05) is 22.4 Å². The van der Waals surface area contributed by atoms with Gasteiger partial charge in [0.05, 0.1) is 5.69 Å². The van der Waals surface area contributed by atoms with E-state index in [9.17, 15) is 0 Å². The van der Waals surface area contributed by atoms with E-state index in [1.165, 1.54) is 98.7 Å². The Bertz CT molecular complexity index is 3540. The number of rotatable bonds is 6. The summed E-state index contributed by atoms with van der Waals surface area (Å²) in [7, 11) is 0. The summed E-state index contributed by atoms with van der Waals surface area (Å²) in [5.74, 6) is 0. The first-order valence-electron chi connectivity index (χ1n) is 21.7. The lowest BCUT2D eigenvalue weighted by atomic mass is 9.82. The second-order valence-electron chi connectivity index (χ2n) is 17.2. The summed E-state index contributed by atoms with van der Waals surface area (Å²) in [4.78, 5) is 2.51. The summed E-state index contributed by atoms with van der Waals surface area (Å²) in [6.07, 6.45) is 0. The molecule has 0 N–H and O–H groups in total. The minimum atomic E-state index is -0.157. The molecule has 0 heterocycles. The average molecular weight is 790 g/mol. The van der Waals surface area contributed by atoms with Crippen molar-refractivity contribution in [1.29, 1.82) is 0 Å². The van der Waals surface area contributed by atoms with E-state index in [0.717, 1.165) is 17.1 Å². The van der Waals surface area contributed by atoms with Gasteiger partial charge >= 0.3 is 0 Å². The molecule has 0 spiro atoms. The van der Waals surface area contributed by atoms with Crippen molar-refractivity contribution in [3.8, 4) is 44.5 Å². The fourth-order valence-electron chi connectivity index (χ4n) is 10.5. The normalized spacial score (nSPS) is 12.8. The summed E-state index contributed by atoms with van der Waals surface area (Å²) in [6.45, 7) is 4.75. The summed E-state index contributed by atoms with van der Waals surface area (Å²) >= 11 is 0. The molecule has 0 atom stereocenters. The Morgan fingerprint density at radius 3 is 1.58 bits per heavy atom. The standard InChI is InChI=1S/C61H43N/c1-61(2)57-30-12-11-26-52(57)53-37-36-45(39-58(53)61)62(44-34-32-42(33-35-44)47-27-13-19-40-16-3-6-21-46(40)47)59-31-15-29-55(60(59)54-28-14-20-41-17-4-7-22-48(41)54)56-38-43-18-5-8-23-49(43)50-24-9-10-25-51(50)56/h3-39H,1-2H3. The Morgan fingerprint density at radius 1 is 0.306 bits per heavy atom. The van der Waals surface area contributed by atoms with Crippen LogP contribution in [0, 0.1) is 0 Å². The van der Waals surface area contributed by atoms with Crippen molar-refractivity contribution in [2.45, 2.75) is 19.3 Å². The molecule has 1 nitrogen and oxygen atoms in total. The third-order valence-electron chi connectivity index (χ3n) is 13.5. The molecule has 0 aromatic heterocycles. The second-order valence-corrected chi connectivity index (χ2v) is 17.2. The van der Waals surface area contributed by atoms with Crippen LogP contribution >= 0.6 is 0 Å². The predicted octanol–water partition coefficient (Wildman–Crippen LogP) is 17.1. The molecule has 11 aromatic carbocycles. The maximum atomic E-state index is 2.51. The smallest absolute Gasteiger partial charge is 0.0546 e. The first-order valence-corrected chi connectivity index (χ1v) is 21.7. The molecule has 292 valence electrons. The lowest BCUT2D eigenvalue weighted by molar-refractivity contribution is 0.660. The van der Waals surface area contributed by atoms with E-state index in [1.807, 2.05) is 0 Å². The van der Waals surface area contributed by atoms with Gasteiger partial charge < -0.3 is 4.90 Å². The molecule has 0 bridgehead atoms. The van der Waals surface area contributed by atoms with Crippen LogP contribution in [0.25, 0.3) is 87.6 Å². The maximum Gasteiger partial charge on any atom is 0.0546 e. The number of fused-ring (bicyclic) bond motifs is 8. The van der Waals surface area contributed by atoms with Crippen LogP contribution in [0.4, 0.5) is 17.1 Å². The summed E-state index contributed by atoms with van der Waals surface area (Å²) in [5.41, 5.74) is 15.8. The topological polar surface area (TPSA) is 3.24 Å². The molecule has 12 rings (SSSR count). The van der Waals surface area contributed by atoms with Gasteiger partial charge in [0.2, 0.25) is 0 Å². The Balaban J connectivity index is 1.15. The molecule has 0 unspecified atom stereocenters. The third-order valence-corrected chi connectivity index (χ3v) is 13.5. The van der Waals surface area contributed by atoms with Gasteiger partial charge in [0.1, 0.15) is 0 Å². The zero-order valence-electron chi connectivity index (χ0n) is 34.8. The van der Waals surface area contributed by atoms with Crippen molar-refractivity contribution >= 4 is 60.2 Å². The van der Waals surface area contributed by atoms with Crippen LogP contribution in [-0.2, 0) is 5.41 Å². The van der Waals surface area contributed by atoms with Gasteiger partial charge in [-0.25, -0.2) is 0 Å². The molecule has 1 heteroatoms. The van der Waals surface area contributed by atoms with Gasteiger partial charge in [0.15, 0.2) is 0 Å². The molecular weight excluding hydrogens is 747 g/mol. The van der Waals surface area contributed by atoms with Gasteiger partial charge in [-0.1, -0.05) is 202 Å². The Labute approximate surface area is 362 Å². The van der Waals surface area contributed by atoms with Crippen LogP contribution in [0.2, 0.25) is 0 Å². The lowest BCUT2D eigenvalue weighted by Gasteiger charge is -2.31. The molecule has 1 aliphatic carbocycles. The number of hydrogen-bond acceptors (Lipinski definition) is 1. The fourth-order valence-corrected chi connectivity index (χ4v) is 10.5. The van der Waals surface area contributed by atoms with Crippen LogP contribution in [0.1, 0.15) is 25.0 Å². The minimum Gasteiger partial charge on any atom is -0.310 e. The van der Waals surface area contributed by atoms with Crippen LogP contribution in [-0.4, -0.2) is 0 Å². The Hall–Kier alpha value is -7.74. The number of benzene rings is 11. The molecule has 0 radical (unpaired) electrons. The van der Waals surface area contributed by atoms with E-state index < -0.39 is 0 Å². The fraction of sp³-hybridized carbons (Fsp3) is 0.0492. The van der Waals surface area contributed by atoms with Gasteiger partial charge in [-0.3, -0.25) is 0 Å². The van der Waals surface area contributed by atoms with Crippen molar-refractivity contribution in [2.75, 3.05) is 4.90 Å². The molecule has 1 aliphatic rings. The number of nitrogens with zero attached hydrogens (tertiary/aromatic N) is 1. The summed E-state index contributed by atoms with van der Waals surface area (Å²) in [6, 6.07) is 83.2. The van der Waals surface area contributed by atoms with Gasteiger partial charge in [0.25, 0.3) is 0 Å². The summed E-state index contributed by atoms with van der Waals surface area (Å²) in [5, 5.41) is 9.96. The number of hydrogen-bond donors (Lipinski definition) is 0. The van der Waals surface area contributed by atoms with Crippen LogP contribution < -0.4 is 4.90 Å². The second kappa shape index (κ2) is 14.2. The highest BCUT2D eigenvalue weighted by molar-refractivity contribution is 6.17. The zero-order chi connectivity index (χ0) is 41.4. The molecule has 62 heavy (non-hydrogen) atoms. The third kappa shape index (κ3) is 5.62. The van der Waals surface area contributed by atoms with Gasteiger partial charge in [-0.05, 0) is 130 Å². The van der Waals surface area contributed by atoms with E-state index in [4.69, 9.17) is 0 Å². The van der Waals surface area contributed by atoms with Crippen molar-refractivity contribution in [3.63, 3.8) is 0 Å². The molecule has 0 fully saturated rings. The van der Waals surface area contributed by atoms with E-state index in [2.05, 4.69) is 243 Å². The van der Waals surface area contributed by atoms with E-state index in [1.54, 1.807) is 0 Å². The highest BCUT2D eigenvalue weighted by Crippen LogP contribution is 2.53. The van der Waals surface area contributed by atoms with Crippen LogP contribution in [0.15, 0.2) is 224 Å². The quantitative estimate of drug-likeness (QED) is 0.152. The lowest BCUT2D eigenvalue weighted by Crippen LogP contribution is -2.17. The molecule has 11 aromatic rings. The first-order chi connectivity index (χ1) is 30.5. The van der Waals surface area contributed by atoms with Crippen molar-refractivity contribution < 1.29 is 0 Å². The van der Waals surface area contributed by atoms with Crippen molar-refractivity contribution in [3.05, 3.63) is 236 Å². The molecule has 0 amide bonds. The maximum absolute atomic E-state index is 2.51. The van der Waals surface area contributed by atoms with Crippen molar-refractivity contribution in [1.82, 2.24) is 0 Å². The van der Waals surface area contributed by atoms with E-state index in [0.29, 0.717) is 0 Å². The van der Waals surface area contributed by atoms with Crippen LogP contribution in [0.5, 0.6) is 0 Å². The van der Waals surface area contributed by atoms with Gasteiger partial charge in [-0.2, -0.15) is 0 Å². The largest absolute Gasteiger partial charge is 0.310 e. The zero-order valence-corrected chi connectivity index (χ0v) is 34.8. The first kappa shape index (κ1) is 36.1. The minimum absolute atomic E-state index is 0.157. The van der Waals surface area contributed by atoms with E-state index in [-0.39, 0.29) is 5.41 Å². The monoisotopic (exact) mass is 789 g/mol. The molecule has 0 saturated heterocycles. The molecular formula is C61H43N. The van der Waals surface area contributed by atoms with Gasteiger partial charge in [-0.15, -0.1) is 0 Å². The average Bonchev–Trinajstić information content (AvgIpc) is 3.56. The van der Waals surface area contributed by atoms with Crippen LogP contribution in [0.3, 0.4) is 0 Å². The number of anilines is 3. The predicted molar refractivity (Wildman–Crippen MR) is 265 cm³/mol. The Morgan fingerprint density at radius 2 is 0.823 bits per heavy atom. The molecule has 0 saturated carbocycles. The van der Waals surface area contributed by atoms with E-state index >= 15 is 0 Å². The summed E-state index contributed by atoms with van der Waals surface area (Å²) < 4.78 is 0. The highest BCUT2D eigenvalue weighted by Gasteiger charge is 2.36. The molecule has 0 aliphatic heterocycles. The SMILES string of the molecule is CC1(C)c2ccccc2-c2ccc(N(c3ccc(-c4cccc5ccccc45)cc3)c3cccc(-c4cc5ccccc5c5ccccc45)c3-c3cccc4ccccc34)cc21. The highest BCUT2D eigenvalue weighted by atomic mass is 15.1. The van der Waals surface area contributed by atoms with Crippen molar-refractivity contribution in [2.24, 2.45) is 0 Å².